The van der Waals surface area contributed by atoms with Gasteiger partial charge in [0, 0.05) is 62.8 Å². The van der Waals surface area contributed by atoms with Crippen LogP contribution in [0.4, 0.5) is 5.95 Å². The third-order valence-corrected chi connectivity index (χ3v) is 4.71. The van der Waals surface area contributed by atoms with Crippen LogP contribution in [-0.4, -0.2) is 50.4 Å². The normalized spacial score (nSPS) is 16.1. The van der Waals surface area contributed by atoms with Crippen molar-refractivity contribution in [2.45, 2.75) is 6.54 Å². The van der Waals surface area contributed by atoms with Crippen molar-refractivity contribution >= 4 is 22.2 Å². The molecule has 0 bridgehead atoms. The topological polar surface area (TPSA) is 66.6 Å². The average molecular weight is 328 g/mol. The van der Waals surface area contributed by atoms with Crippen LogP contribution in [0.2, 0.25) is 0 Å². The number of piperazine rings is 1. The first kappa shape index (κ1) is 14.3. The lowest BCUT2D eigenvalue weighted by atomic mass is 10.3. The molecule has 8 heteroatoms. The highest BCUT2D eigenvalue weighted by Crippen LogP contribution is 2.12. The Balaban J connectivity index is 1.43. The van der Waals surface area contributed by atoms with Crippen molar-refractivity contribution in [1.29, 1.82) is 0 Å². The second-order valence-electron chi connectivity index (χ2n) is 5.45. The van der Waals surface area contributed by atoms with Crippen LogP contribution in [0.25, 0.3) is 4.96 Å². The number of thiazole rings is 1. The Kier molecular flexibility index (Phi) is 3.76. The van der Waals surface area contributed by atoms with Crippen LogP contribution < -0.4 is 10.5 Å². The van der Waals surface area contributed by atoms with Gasteiger partial charge in [-0.2, -0.15) is 0 Å². The third-order valence-electron chi connectivity index (χ3n) is 3.95. The van der Waals surface area contributed by atoms with E-state index in [1.165, 1.54) is 11.3 Å². The molecule has 1 aliphatic heterocycles. The van der Waals surface area contributed by atoms with Gasteiger partial charge in [-0.05, 0) is 6.07 Å². The molecular formula is C15H16N6OS. The molecule has 7 nitrogen and oxygen atoms in total. The molecule has 1 saturated heterocycles. The summed E-state index contributed by atoms with van der Waals surface area (Å²) in [6.07, 6.45) is 5.29. The zero-order valence-electron chi connectivity index (χ0n) is 12.5. The molecule has 0 spiro atoms. The summed E-state index contributed by atoms with van der Waals surface area (Å²) >= 11 is 1.48. The van der Waals surface area contributed by atoms with Gasteiger partial charge in [0.2, 0.25) is 5.95 Å². The predicted molar refractivity (Wildman–Crippen MR) is 88.9 cm³/mol. The maximum atomic E-state index is 12.0. The monoisotopic (exact) mass is 328 g/mol. The Labute approximate surface area is 136 Å². The Morgan fingerprint density at radius 3 is 2.70 bits per heavy atom. The van der Waals surface area contributed by atoms with Gasteiger partial charge in [0.1, 0.15) is 0 Å². The van der Waals surface area contributed by atoms with E-state index in [1.807, 2.05) is 11.4 Å². The van der Waals surface area contributed by atoms with Crippen LogP contribution in [-0.2, 0) is 6.54 Å². The summed E-state index contributed by atoms with van der Waals surface area (Å²) in [5.74, 6) is 0.781. The number of anilines is 1. The molecule has 1 fully saturated rings. The number of aromatic nitrogens is 4. The molecule has 118 valence electrons. The summed E-state index contributed by atoms with van der Waals surface area (Å²) in [5.41, 5.74) is 0.824. The molecule has 0 saturated carbocycles. The number of hydrogen-bond acceptors (Lipinski definition) is 7. The molecular weight excluding hydrogens is 312 g/mol. The summed E-state index contributed by atoms with van der Waals surface area (Å²) in [5, 5.41) is 1.88. The fourth-order valence-electron chi connectivity index (χ4n) is 2.76. The minimum atomic E-state index is -0.0115. The maximum absolute atomic E-state index is 12.0. The Bertz CT molecular complexity index is 853. The van der Waals surface area contributed by atoms with E-state index in [4.69, 9.17) is 0 Å². The maximum Gasteiger partial charge on any atom is 0.258 e. The summed E-state index contributed by atoms with van der Waals surface area (Å²) < 4.78 is 1.58. The lowest BCUT2D eigenvalue weighted by Gasteiger charge is -2.34. The highest BCUT2D eigenvalue weighted by atomic mass is 32.1. The van der Waals surface area contributed by atoms with Gasteiger partial charge in [-0.1, -0.05) is 0 Å². The van der Waals surface area contributed by atoms with Gasteiger partial charge in [-0.15, -0.1) is 11.3 Å². The number of hydrogen-bond donors (Lipinski definition) is 0. The second-order valence-corrected chi connectivity index (χ2v) is 6.33. The molecule has 0 radical (unpaired) electrons. The second kappa shape index (κ2) is 6.05. The first-order valence-corrected chi connectivity index (χ1v) is 8.38. The van der Waals surface area contributed by atoms with E-state index in [0.717, 1.165) is 42.8 Å². The fraction of sp³-hybridized carbons (Fsp3) is 0.333. The minimum Gasteiger partial charge on any atom is -0.338 e. The first-order valence-electron chi connectivity index (χ1n) is 7.50. The van der Waals surface area contributed by atoms with Gasteiger partial charge in [-0.3, -0.25) is 14.1 Å². The van der Waals surface area contributed by atoms with E-state index in [2.05, 4.69) is 24.8 Å². The van der Waals surface area contributed by atoms with Crippen molar-refractivity contribution in [2.24, 2.45) is 0 Å². The van der Waals surface area contributed by atoms with E-state index < -0.39 is 0 Å². The fourth-order valence-corrected chi connectivity index (χ4v) is 3.50. The minimum absolute atomic E-state index is 0.0115. The number of rotatable bonds is 3. The van der Waals surface area contributed by atoms with Gasteiger partial charge < -0.3 is 4.90 Å². The summed E-state index contributed by atoms with van der Waals surface area (Å²) in [6.45, 7) is 4.27. The Morgan fingerprint density at radius 2 is 1.91 bits per heavy atom. The van der Waals surface area contributed by atoms with E-state index in [1.54, 1.807) is 29.1 Å². The van der Waals surface area contributed by atoms with Crippen LogP contribution in [0.15, 0.2) is 40.9 Å². The SMILES string of the molecule is O=c1cc(CN2CCN(c3ncccn3)CC2)nc2sccn12. The van der Waals surface area contributed by atoms with Crippen molar-refractivity contribution in [3.05, 3.63) is 52.2 Å². The molecule has 4 rings (SSSR count). The van der Waals surface area contributed by atoms with Gasteiger partial charge in [0.15, 0.2) is 4.96 Å². The molecule has 0 aromatic carbocycles. The van der Waals surface area contributed by atoms with E-state index in [-0.39, 0.29) is 5.56 Å². The lowest BCUT2D eigenvalue weighted by Crippen LogP contribution is -2.46. The van der Waals surface area contributed by atoms with Gasteiger partial charge >= 0.3 is 0 Å². The standard InChI is InChI=1S/C15H16N6OS/c22-13-10-12(18-15-21(13)8-9-23-15)11-19-4-6-20(7-5-19)14-16-2-1-3-17-14/h1-3,8-10H,4-7,11H2. The zero-order valence-corrected chi connectivity index (χ0v) is 13.3. The average Bonchev–Trinajstić information content (AvgIpc) is 3.05. The molecule has 3 aromatic heterocycles. The highest BCUT2D eigenvalue weighted by Gasteiger charge is 2.19. The van der Waals surface area contributed by atoms with Crippen molar-refractivity contribution in [3.63, 3.8) is 0 Å². The molecule has 0 atom stereocenters. The lowest BCUT2D eigenvalue weighted by molar-refractivity contribution is 0.246. The van der Waals surface area contributed by atoms with Gasteiger partial charge in [0.25, 0.3) is 5.56 Å². The van der Waals surface area contributed by atoms with Crippen molar-refractivity contribution < 1.29 is 0 Å². The summed E-state index contributed by atoms with van der Waals surface area (Å²) in [4.78, 5) is 30.4. The van der Waals surface area contributed by atoms with Gasteiger partial charge in [0.05, 0.1) is 5.69 Å². The molecule has 23 heavy (non-hydrogen) atoms. The van der Waals surface area contributed by atoms with E-state index >= 15 is 0 Å². The van der Waals surface area contributed by atoms with Gasteiger partial charge in [-0.25, -0.2) is 15.0 Å². The van der Waals surface area contributed by atoms with E-state index in [0.29, 0.717) is 6.54 Å². The molecule has 0 amide bonds. The smallest absolute Gasteiger partial charge is 0.258 e. The van der Waals surface area contributed by atoms with Crippen LogP contribution in [0.3, 0.4) is 0 Å². The summed E-state index contributed by atoms with van der Waals surface area (Å²) in [6, 6.07) is 3.46. The largest absolute Gasteiger partial charge is 0.338 e. The van der Waals surface area contributed by atoms with Crippen LogP contribution in [0.5, 0.6) is 0 Å². The third kappa shape index (κ3) is 2.95. The molecule has 3 aromatic rings. The van der Waals surface area contributed by atoms with Crippen molar-refractivity contribution in [1.82, 2.24) is 24.3 Å². The molecule has 4 heterocycles. The summed E-state index contributed by atoms with van der Waals surface area (Å²) in [7, 11) is 0. The van der Waals surface area contributed by atoms with Crippen LogP contribution in [0.1, 0.15) is 5.69 Å². The molecule has 0 N–H and O–H groups in total. The first-order chi connectivity index (χ1) is 11.3. The van der Waals surface area contributed by atoms with Crippen LogP contribution >= 0.6 is 11.3 Å². The van der Waals surface area contributed by atoms with Crippen LogP contribution in [0, 0.1) is 0 Å². The molecule has 1 aliphatic rings. The zero-order chi connectivity index (χ0) is 15.6. The number of fused-ring (bicyclic) bond motifs is 1. The molecule has 0 unspecified atom stereocenters. The van der Waals surface area contributed by atoms with Crippen molar-refractivity contribution in [2.75, 3.05) is 31.1 Å². The Hall–Kier alpha value is -2.32. The van der Waals surface area contributed by atoms with E-state index in [9.17, 15) is 4.79 Å². The molecule has 0 aliphatic carbocycles. The Morgan fingerprint density at radius 1 is 1.13 bits per heavy atom. The quantitative estimate of drug-likeness (QED) is 0.711. The number of nitrogens with zero attached hydrogens (tertiary/aromatic N) is 6. The highest BCUT2D eigenvalue weighted by molar-refractivity contribution is 7.15. The van der Waals surface area contributed by atoms with Crippen molar-refractivity contribution in [3.8, 4) is 0 Å². The predicted octanol–water partition coefficient (Wildman–Crippen LogP) is 0.868.